The van der Waals surface area contributed by atoms with Crippen LogP contribution < -0.4 is 0 Å². The van der Waals surface area contributed by atoms with Crippen molar-refractivity contribution in [3.63, 3.8) is 0 Å². The van der Waals surface area contributed by atoms with Gasteiger partial charge in [-0.3, -0.25) is 9.69 Å². The van der Waals surface area contributed by atoms with Gasteiger partial charge in [0, 0.05) is 18.7 Å². The maximum Gasteiger partial charge on any atom is 0.319 e. The van der Waals surface area contributed by atoms with E-state index in [1.807, 2.05) is 38.1 Å². The average molecular weight is 467 g/mol. The third kappa shape index (κ3) is 4.56. The van der Waals surface area contributed by atoms with Crippen LogP contribution in [0.5, 0.6) is 17.5 Å². The molecule has 0 aliphatic carbocycles. The number of phenols is 2. The van der Waals surface area contributed by atoms with Crippen molar-refractivity contribution >= 4 is 5.97 Å². The molecule has 9 nitrogen and oxygen atoms in total. The molecule has 9 heteroatoms. The number of benzene rings is 2. The first-order valence-electron chi connectivity index (χ1n) is 11.4. The Morgan fingerprint density at radius 2 is 1.79 bits per heavy atom. The number of hydrogen-bond acceptors (Lipinski definition) is 7. The van der Waals surface area contributed by atoms with Crippen LogP contribution in [0, 0.1) is 5.92 Å². The number of hydrogen-bond donors (Lipinski definition) is 4. The van der Waals surface area contributed by atoms with Crippen molar-refractivity contribution < 1.29 is 25.2 Å². The Kier molecular flexibility index (Phi) is 6.47. The molecular formula is C25H30N4O5. The first kappa shape index (κ1) is 23.6. The van der Waals surface area contributed by atoms with Gasteiger partial charge in [0.1, 0.15) is 11.5 Å². The SMILES string of the molecule is CC(C)c1cc(-c2nnc(O)n2-c2ccc(CN3CCC(C(=O)O)CC3C)cc2)c(O)cc1O. The molecule has 2 heterocycles. The van der Waals surface area contributed by atoms with Crippen molar-refractivity contribution in [1.29, 1.82) is 0 Å². The van der Waals surface area contributed by atoms with Gasteiger partial charge in [-0.25, -0.2) is 4.57 Å². The van der Waals surface area contributed by atoms with Crippen LogP contribution in [0.15, 0.2) is 36.4 Å². The van der Waals surface area contributed by atoms with Gasteiger partial charge in [0.25, 0.3) is 0 Å². The number of aromatic hydroxyl groups is 3. The van der Waals surface area contributed by atoms with Crippen LogP contribution in [0.25, 0.3) is 17.1 Å². The zero-order valence-corrected chi connectivity index (χ0v) is 19.5. The number of carboxylic acids is 1. The van der Waals surface area contributed by atoms with E-state index in [2.05, 4.69) is 22.0 Å². The van der Waals surface area contributed by atoms with Gasteiger partial charge in [-0.1, -0.05) is 31.1 Å². The minimum atomic E-state index is -0.722. The predicted molar refractivity (Wildman–Crippen MR) is 126 cm³/mol. The summed E-state index contributed by atoms with van der Waals surface area (Å²) in [5.41, 5.74) is 2.69. The molecule has 0 bridgehead atoms. The number of piperidine rings is 1. The summed E-state index contributed by atoms with van der Waals surface area (Å²) in [6, 6.07) is 10.4. The molecule has 1 saturated heterocycles. The Balaban J connectivity index is 1.59. The second-order valence-corrected chi connectivity index (χ2v) is 9.29. The lowest BCUT2D eigenvalue weighted by Crippen LogP contribution is -2.42. The number of carboxylic acid groups (broad SMARTS) is 1. The number of aliphatic carboxylic acids is 1. The van der Waals surface area contributed by atoms with Crippen LogP contribution in [0.1, 0.15) is 50.7 Å². The lowest BCUT2D eigenvalue weighted by molar-refractivity contribution is -0.144. The molecule has 0 radical (unpaired) electrons. The summed E-state index contributed by atoms with van der Waals surface area (Å²) in [6.45, 7) is 7.35. The first-order valence-corrected chi connectivity index (χ1v) is 11.4. The number of aromatic nitrogens is 3. The molecule has 0 amide bonds. The summed E-state index contributed by atoms with van der Waals surface area (Å²) in [6.07, 6.45) is 1.28. The predicted octanol–water partition coefficient (Wildman–Crippen LogP) is 3.86. The maximum atomic E-state index is 11.3. The fourth-order valence-electron chi connectivity index (χ4n) is 4.59. The molecule has 34 heavy (non-hydrogen) atoms. The highest BCUT2D eigenvalue weighted by molar-refractivity contribution is 5.70. The van der Waals surface area contributed by atoms with Crippen molar-refractivity contribution in [2.75, 3.05) is 6.54 Å². The Labute approximate surface area is 197 Å². The van der Waals surface area contributed by atoms with Gasteiger partial charge in [0.2, 0.25) is 0 Å². The summed E-state index contributed by atoms with van der Waals surface area (Å²) in [5, 5.41) is 48.2. The Bertz CT molecular complexity index is 1190. The molecule has 0 spiro atoms. The molecule has 1 fully saturated rings. The number of rotatable bonds is 6. The second-order valence-electron chi connectivity index (χ2n) is 9.29. The van der Waals surface area contributed by atoms with Gasteiger partial charge in [0.15, 0.2) is 5.82 Å². The highest BCUT2D eigenvalue weighted by Gasteiger charge is 2.29. The van der Waals surface area contributed by atoms with Crippen LogP contribution in [0.2, 0.25) is 0 Å². The largest absolute Gasteiger partial charge is 0.508 e. The van der Waals surface area contributed by atoms with E-state index in [1.165, 1.54) is 10.6 Å². The summed E-state index contributed by atoms with van der Waals surface area (Å²) < 4.78 is 1.45. The van der Waals surface area contributed by atoms with Crippen molar-refractivity contribution in [3.05, 3.63) is 47.5 Å². The van der Waals surface area contributed by atoms with Crippen LogP contribution in [0.4, 0.5) is 0 Å². The van der Waals surface area contributed by atoms with Crippen LogP contribution in [-0.4, -0.2) is 58.6 Å². The number of carbonyl (C=O) groups is 1. The fraction of sp³-hybridized carbons (Fsp3) is 0.400. The zero-order chi connectivity index (χ0) is 24.6. The van der Waals surface area contributed by atoms with Crippen LogP contribution in [-0.2, 0) is 11.3 Å². The topological polar surface area (TPSA) is 132 Å². The minimum Gasteiger partial charge on any atom is -0.508 e. The molecule has 4 rings (SSSR count). The molecule has 180 valence electrons. The van der Waals surface area contributed by atoms with Crippen LogP contribution in [0.3, 0.4) is 0 Å². The van der Waals surface area contributed by atoms with Crippen LogP contribution >= 0.6 is 0 Å². The first-order chi connectivity index (χ1) is 16.2. The molecule has 4 N–H and O–H groups in total. The quantitative estimate of drug-likeness (QED) is 0.431. The highest BCUT2D eigenvalue weighted by Crippen LogP contribution is 2.38. The number of nitrogens with zero attached hydrogens (tertiary/aromatic N) is 4. The standard InChI is InChI=1S/C25H30N4O5/c1-14(2)19-11-20(22(31)12-21(19)30)23-26-27-25(34)29(23)18-6-4-16(5-7-18)13-28-9-8-17(24(32)33)10-15(28)3/h4-7,11-12,14-15,17,30-31H,8-10,13H2,1-3H3,(H,27,34)(H,32,33). The van der Waals surface area contributed by atoms with Gasteiger partial charge in [-0.15, -0.1) is 5.10 Å². The Morgan fingerprint density at radius 1 is 1.09 bits per heavy atom. The van der Waals surface area contributed by atoms with E-state index in [9.17, 15) is 25.2 Å². The van der Waals surface area contributed by atoms with Gasteiger partial charge < -0.3 is 20.4 Å². The lowest BCUT2D eigenvalue weighted by Gasteiger charge is -2.36. The Hall–Kier alpha value is -3.59. The minimum absolute atomic E-state index is 0.00231. The van der Waals surface area contributed by atoms with E-state index in [0.717, 1.165) is 12.1 Å². The second kappa shape index (κ2) is 9.34. The molecule has 2 atom stereocenters. The highest BCUT2D eigenvalue weighted by atomic mass is 16.4. The normalized spacial score (nSPS) is 18.9. The van der Waals surface area contributed by atoms with Crippen molar-refractivity contribution in [1.82, 2.24) is 19.7 Å². The van der Waals surface area contributed by atoms with Crippen molar-refractivity contribution in [3.8, 4) is 34.6 Å². The van der Waals surface area contributed by atoms with Gasteiger partial charge in [-0.05, 0) is 61.6 Å². The van der Waals surface area contributed by atoms with Crippen molar-refractivity contribution in [2.45, 2.75) is 52.1 Å². The summed E-state index contributed by atoms with van der Waals surface area (Å²) in [4.78, 5) is 13.6. The summed E-state index contributed by atoms with van der Waals surface area (Å²) in [7, 11) is 0. The molecular weight excluding hydrogens is 436 g/mol. The summed E-state index contributed by atoms with van der Waals surface area (Å²) in [5.74, 6) is -0.888. The third-order valence-electron chi connectivity index (χ3n) is 6.60. The number of phenolic OH excluding ortho intramolecular Hbond substituents is 2. The molecule has 1 aliphatic heterocycles. The van der Waals surface area contributed by atoms with E-state index < -0.39 is 5.97 Å². The van der Waals surface area contributed by atoms with E-state index >= 15 is 0 Å². The maximum absolute atomic E-state index is 11.3. The fourth-order valence-corrected chi connectivity index (χ4v) is 4.59. The molecule has 1 aromatic heterocycles. The summed E-state index contributed by atoms with van der Waals surface area (Å²) >= 11 is 0. The smallest absolute Gasteiger partial charge is 0.319 e. The number of likely N-dealkylation sites (tertiary alicyclic amines) is 1. The Morgan fingerprint density at radius 3 is 2.41 bits per heavy atom. The van der Waals surface area contributed by atoms with Gasteiger partial charge >= 0.3 is 12.0 Å². The molecule has 2 aromatic carbocycles. The molecule has 0 saturated carbocycles. The third-order valence-corrected chi connectivity index (χ3v) is 6.60. The lowest BCUT2D eigenvalue weighted by atomic mass is 9.91. The molecule has 3 aromatic rings. The van der Waals surface area contributed by atoms with E-state index in [0.29, 0.717) is 36.2 Å². The van der Waals surface area contributed by atoms with E-state index in [1.54, 1.807) is 6.07 Å². The zero-order valence-electron chi connectivity index (χ0n) is 19.5. The van der Waals surface area contributed by atoms with Crippen molar-refractivity contribution in [2.24, 2.45) is 5.92 Å². The average Bonchev–Trinajstić information content (AvgIpc) is 3.16. The molecule has 2 unspecified atom stereocenters. The van der Waals surface area contributed by atoms with E-state index in [-0.39, 0.29) is 41.2 Å². The molecule has 1 aliphatic rings. The van der Waals surface area contributed by atoms with Gasteiger partial charge in [-0.2, -0.15) is 0 Å². The monoisotopic (exact) mass is 466 g/mol. The van der Waals surface area contributed by atoms with E-state index in [4.69, 9.17) is 0 Å². The van der Waals surface area contributed by atoms with Gasteiger partial charge in [0.05, 0.1) is 17.2 Å².